The highest BCUT2D eigenvalue weighted by Gasteiger charge is 2.23. The molecule has 0 saturated carbocycles. The fraction of sp³-hybridized carbons (Fsp3) is 0. The Hall–Kier alpha value is -9.84. The first-order valence-corrected chi connectivity index (χ1v) is 24.7. The van der Waals surface area contributed by atoms with Crippen LogP contribution in [-0.4, -0.2) is 9.13 Å². The molecule has 0 amide bonds. The fourth-order valence-electron chi connectivity index (χ4n) is 10.4. The lowest BCUT2D eigenvalue weighted by Crippen LogP contribution is -2.31. The van der Waals surface area contributed by atoms with Crippen LogP contribution in [-0.2, 0) is 0 Å². The van der Waals surface area contributed by atoms with E-state index in [1.54, 1.807) is 0 Å². The van der Waals surface area contributed by atoms with Gasteiger partial charge < -0.3 is 4.90 Å². The molecule has 0 radical (unpaired) electrons. The van der Waals surface area contributed by atoms with Crippen molar-refractivity contribution in [1.29, 1.82) is 0 Å². The molecule has 73 heavy (non-hydrogen) atoms. The van der Waals surface area contributed by atoms with Crippen LogP contribution in [0, 0.1) is 12.7 Å². The summed E-state index contributed by atoms with van der Waals surface area (Å²) in [5.41, 5.74) is 20.5. The molecule has 0 fully saturated rings. The summed E-state index contributed by atoms with van der Waals surface area (Å²) >= 11 is 0. The number of rotatable bonds is 11. The van der Waals surface area contributed by atoms with Crippen LogP contribution in [0.2, 0.25) is 0 Å². The van der Waals surface area contributed by atoms with Crippen LogP contribution >= 0.6 is 0 Å². The predicted molar refractivity (Wildman–Crippen MR) is 297 cm³/mol. The fourth-order valence-corrected chi connectivity index (χ4v) is 10.4. The molecule has 0 aliphatic heterocycles. The summed E-state index contributed by atoms with van der Waals surface area (Å²) < 4.78 is 8.89. The van der Waals surface area contributed by atoms with Gasteiger partial charge in [0.05, 0.1) is 44.8 Å². The van der Waals surface area contributed by atoms with Crippen molar-refractivity contribution in [2.45, 2.75) is 0 Å². The highest BCUT2D eigenvalue weighted by molar-refractivity contribution is 5.87. The molecule has 0 aliphatic rings. The Morgan fingerprint density at radius 1 is 0.274 bits per heavy atom. The van der Waals surface area contributed by atoms with E-state index in [4.69, 9.17) is 0 Å². The van der Waals surface area contributed by atoms with Gasteiger partial charge in [-0.3, -0.25) is 18.3 Å². The van der Waals surface area contributed by atoms with Crippen molar-refractivity contribution in [3.63, 3.8) is 0 Å². The first kappa shape index (κ1) is 43.2. The Labute approximate surface area is 425 Å². The van der Waals surface area contributed by atoms with E-state index in [1.165, 1.54) is 0 Å². The van der Waals surface area contributed by atoms with Gasteiger partial charge in [-0.25, -0.2) is 0 Å². The molecule has 5 nitrogen and oxygen atoms in total. The van der Waals surface area contributed by atoms with Crippen LogP contribution in [0.3, 0.4) is 0 Å². The van der Waals surface area contributed by atoms with E-state index in [2.05, 4.69) is 321 Å². The Morgan fingerprint density at radius 3 is 0.945 bits per heavy atom. The van der Waals surface area contributed by atoms with Gasteiger partial charge in [0.15, 0.2) is 0 Å². The number of hydrogen-bond donors (Lipinski definition) is 0. The van der Waals surface area contributed by atoms with Crippen molar-refractivity contribution >= 4 is 39.1 Å². The maximum atomic E-state index is 3.89. The van der Waals surface area contributed by atoms with Gasteiger partial charge in [-0.15, -0.1) is 0 Å². The Kier molecular flexibility index (Phi) is 11.1. The van der Waals surface area contributed by atoms with Crippen LogP contribution in [0.25, 0.3) is 89.3 Å². The summed E-state index contributed by atoms with van der Waals surface area (Å²) in [6, 6.07) is 101. The summed E-state index contributed by atoms with van der Waals surface area (Å²) in [4.78, 5) is 2.34. The van der Waals surface area contributed by atoms with Crippen molar-refractivity contribution < 1.29 is 9.13 Å². The van der Waals surface area contributed by atoms with Gasteiger partial charge in [-0.2, -0.15) is 0 Å². The van der Waals surface area contributed by atoms with Crippen molar-refractivity contribution in [3.8, 4) is 67.3 Å². The Morgan fingerprint density at radius 2 is 0.575 bits per heavy atom. The summed E-state index contributed by atoms with van der Waals surface area (Å²) in [5.74, 6) is 0. The van der Waals surface area contributed by atoms with Gasteiger partial charge >= 0.3 is 0 Å². The second kappa shape index (κ2) is 18.8. The second-order valence-corrected chi connectivity index (χ2v) is 18.1. The van der Waals surface area contributed by atoms with E-state index in [1.807, 2.05) is 0 Å². The topological polar surface area (TPSA) is 20.9 Å². The number of nitrogens with zero attached hydrogens (tertiary/aromatic N) is 5. The van der Waals surface area contributed by atoms with Crippen molar-refractivity contribution in [1.82, 2.24) is 9.13 Å². The minimum absolute atomic E-state index is 0.986. The van der Waals surface area contributed by atoms with Crippen molar-refractivity contribution in [3.05, 3.63) is 298 Å². The Balaban J connectivity index is 0.959. The lowest BCUT2D eigenvalue weighted by atomic mass is 9.95. The van der Waals surface area contributed by atoms with Crippen LogP contribution < -0.4 is 14.0 Å². The first-order valence-electron chi connectivity index (χ1n) is 24.7. The molecule has 0 aliphatic carbocycles. The number of hydrogen-bond acceptors (Lipinski definition) is 1. The van der Waals surface area contributed by atoms with Crippen molar-refractivity contribution in [2.24, 2.45) is 0 Å². The zero-order valence-electron chi connectivity index (χ0n) is 39.9. The van der Waals surface area contributed by atoms with Crippen LogP contribution in [0.1, 0.15) is 0 Å². The van der Waals surface area contributed by atoms with Gasteiger partial charge in [0.1, 0.15) is 0 Å². The zero-order valence-corrected chi connectivity index (χ0v) is 39.9. The number of para-hydroxylation sites is 7. The second-order valence-electron chi connectivity index (χ2n) is 18.1. The predicted octanol–water partition coefficient (Wildman–Crippen LogP) is 15.9. The standard InChI is InChI=1S/C68H47N5/c1-6-24-50(25-7-1)59-38-22-39-60(51-26-8-2-9-27-51)67(59)71-48-69(63-42-16-18-44-65(63)71)55-34-20-36-57(46-55)73(54-32-14-5-15-33-54)58-37-21-35-56(47-58)70-49-72(66-45-19-17-43-64(66)70)68-61(52-28-10-3-11-29-52)40-23-41-62(68)53-30-12-4-13-31-53/h1-47H. The SMILES string of the molecule is [c-]1n(-c2cccc(N(c3ccccc3)c3cccc(-n4[c-][n+](-c5c(-c6ccccc6)cccc5-c5ccccc5)c5ccccc54)c3)c2)c2ccccc2[n+]1-c1c(-c2ccccc2)cccc1-c1ccccc1. The highest BCUT2D eigenvalue weighted by atomic mass is 15.2. The molecule has 2 aromatic heterocycles. The number of benzene rings is 11. The van der Waals surface area contributed by atoms with E-state index < -0.39 is 0 Å². The minimum atomic E-state index is 0.986. The summed E-state index contributed by atoms with van der Waals surface area (Å²) in [6.07, 6.45) is 7.77. The monoisotopic (exact) mass is 933 g/mol. The van der Waals surface area contributed by atoms with E-state index in [9.17, 15) is 0 Å². The summed E-state index contributed by atoms with van der Waals surface area (Å²) in [6.45, 7) is 0. The molecule has 13 rings (SSSR count). The van der Waals surface area contributed by atoms with Crippen LogP contribution in [0.15, 0.2) is 285 Å². The maximum Gasteiger partial charge on any atom is 0.269 e. The van der Waals surface area contributed by atoms with E-state index in [0.717, 1.165) is 106 Å². The molecule has 0 saturated heterocycles. The third kappa shape index (κ3) is 7.96. The molecule has 13 aromatic rings. The third-order valence-corrected chi connectivity index (χ3v) is 13.7. The largest absolute Gasteiger partial charge is 0.311 e. The zero-order chi connectivity index (χ0) is 48.5. The number of imidazole rings is 2. The highest BCUT2D eigenvalue weighted by Crippen LogP contribution is 2.39. The molecular formula is C68H47N5. The molecule has 5 heteroatoms. The molecule has 2 heterocycles. The quantitative estimate of drug-likeness (QED) is 0.0935. The van der Waals surface area contributed by atoms with E-state index in [-0.39, 0.29) is 0 Å². The third-order valence-electron chi connectivity index (χ3n) is 13.7. The summed E-state index contributed by atoms with van der Waals surface area (Å²) in [7, 11) is 0. The lowest BCUT2D eigenvalue weighted by Gasteiger charge is -2.26. The molecule has 11 aromatic carbocycles. The van der Waals surface area contributed by atoms with Gasteiger partial charge in [-0.05, 0) is 93.0 Å². The van der Waals surface area contributed by atoms with Gasteiger partial charge in [0.25, 0.3) is 12.7 Å². The molecule has 0 atom stereocenters. The first-order chi connectivity index (χ1) is 36.2. The van der Waals surface area contributed by atoms with Gasteiger partial charge in [0, 0.05) is 17.1 Å². The average molecular weight is 934 g/mol. The van der Waals surface area contributed by atoms with Gasteiger partial charge in [-0.1, -0.05) is 237 Å². The molecule has 0 unspecified atom stereocenters. The molecule has 0 spiro atoms. The average Bonchev–Trinajstić information content (AvgIpc) is 4.06. The van der Waals surface area contributed by atoms with Gasteiger partial charge in [0.2, 0.25) is 0 Å². The van der Waals surface area contributed by atoms with E-state index in [0.29, 0.717) is 0 Å². The number of fused-ring (bicyclic) bond motifs is 2. The maximum absolute atomic E-state index is 3.89. The number of anilines is 3. The number of aromatic nitrogens is 4. The molecular weight excluding hydrogens is 887 g/mol. The smallest absolute Gasteiger partial charge is 0.269 e. The van der Waals surface area contributed by atoms with Crippen LogP contribution in [0.4, 0.5) is 17.1 Å². The lowest BCUT2D eigenvalue weighted by molar-refractivity contribution is -0.571. The normalized spacial score (nSPS) is 11.3. The molecule has 344 valence electrons. The summed E-state index contributed by atoms with van der Waals surface area (Å²) in [5, 5.41) is 0. The van der Waals surface area contributed by atoms with E-state index >= 15 is 0 Å². The van der Waals surface area contributed by atoms with Crippen LogP contribution in [0.5, 0.6) is 0 Å². The molecule has 0 bridgehead atoms. The van der Waals surface area contributed by atoms with Crippen molar-refractivity contribution in [2.75, 3.05) is 4.90 Å². The minimum Gasteiger partial charge on any atom is -0.311 e. The Bertz CT molecular complexity index is 3710. The molecule has 0 N–H and O–H groups in total.